The molecule has 1 aromatic rings. The van der Waals surface area contributed by atoms with Crippen LogP contribution in [0.5, 0.6) is 0 Å². The molecular weight excluding hydrogens is 182 g/mol. The molecule has 0 atom stereocenters. The van der Waals surface area contributed by atoms with Crippen molar-refractivity contribution in [2.24, 2.45) is 11.3 Å². The molecule has 1 aromatic heterocycles. The number of hydrogen-bond acceptors (Lipinski definition) is 2. The summed E-state index contributed by atoms with van der Waals surface area (Å²) in [6.07, 6.45) is 7.48. The summed E-state index contributed by atoms with van der Waals surface area (Å²) in [7, 11) is 0. The predicted octanol–water partition coefficient (Wildman–Crippen LogP) is 2.13. The molecular formula is C9H13N3S. The van der Waals surface area contributed by atoms with Gasteiger partial charge in [-0.1, -0.05) is 0 Å². The fraction of sp³-hybridized carbons (Fsp3) is 0.778. The monoisotopic (exact) mass is 195 g/mol. The van der Waals surface area contributed by atoms with Crippen LogP contribution >= 0.6 is 12.2 Å². The Bertz CT molecular complexity index is 370. The number of hydrogen-bond donors (Lipinski definition) is 1. The second kappa shape index (κ2) is 2.44. The lowest BCUT2D eigenvalue weighted by molar-refractivity contribution is 0.367. The highest BCUT2D eigenvalue weighted by atomic mass is 32.1. The second-order valence-corrected chi connectivity index (χ2v) is 4.81. The first-order valence-corrected chi connectivity index (χ1v) is 5.31. The highest BCUT2D eigenvalue weighted by Gasteiger charge is 2.53. The maximum atomic E-state index is 5.13. The molecule has 1 N–H and O–H groups in total. The molecule has 70 valence electrons. The van der Waals surface area contributed by atoms with Gasteiger partial charge in [-0.15, -0.1) is 0 Å². The largest absolute Gasteiger partial charge is 0.306 e. The molecule has 13 heavy (non-hydrogen) atoms. The lowest BCUT2D eigenvalue weighted by atomic mass is 10.0. The van der Waals surface area contributed by atoms with Crippen molar-refractivity contribution < 1.29 is 0 Å². The fourth-order valence-electron chi connectivity index (χ4n) is 2.27. The molecule has 2 saturated carbocycles. The standard InChI is InChI=1S/C9H13N3S/c13-8-11-10-6-12(8)5-9(3-4-9)7-1-2-7/h6-7H,1-5H2,(H,11,13). The minimum Gasteiger partial charge on any atom is -0.306 e. The number of nitrogens with zero attached hydrogens (tertiary/aromatic N) is 2. The van der Waals surface area contributed by atoms with Crippen molar-refractivity contribution in [1.82, 2.24) is 14.8 Å². The van der Waals surface area contributed by atoms with Crippen molar-refractivity contribution in [2.45, 2.75) is 32.2 Å². The van der Waals surface area contributed by atoms with E-state index in [0.717, 1.165) is 17.2 Å². The average Bonchev–Trinajstić information content (AvgIpc) is 2.97. The lowest BCUT2D eigenvalue weighted by Crippen LogP contribution is -2.13. The van der Waals surface area contributed by atoms with Crippen LogP contribution < -0.4 is 0 Å². The summed E-state index contributed by atoms with van der Waals surface area (Å²) in [4.78, 5) is 0. The molecule has 3 rings (SSSR count). The van der Waals surface area contributed by atoms with Gasteiger partial charge in [-0.2, -0.15) is 5.10 Å². The molecule has 4 heteroatoms. The van der Waals surface area contributed by atoms with Crippen molar-refractivity contribution in [1.29, 1.82) is 0 Å². The molecule has 0 spiro atoms. The molecule has 0 unspecified atom stereocenters. The van der Waals surface area contributed by atoms with Gasteiger partial charge >= 0.3 is 0 Å². The van der Waals surface area contributed by atoms with Gasteiger partial charge < -0.3 is 4.57 Å². The Morgan fingerprint density at radius 3 is 2.85 bits per heavy atom. The molecule has 0 bridgehead atoms. The molecule has 3 nitrogen and oxygen atoms in total. The summed E-state index contributed by atoms with van der Waals surface area (Å²) in [6.45, 7) is 1.09. The Morgan fingerprint density at radius 1 is 1.62 bits per heavy atom. The number of aromatic amines is 1. The van der Waals surface area contributed by atoms with E-state index in [4.69, 9.17) is 12.2 Å². The summed E-state index contributed by atoms with van der Waals surface area (Å²) in [5, 5.41) is 6.75. The topological polar surface area (TPSA) is 33.6 Å². The summed E-state index contributed by atoms with van der Waals surface area (Å²) in [5.41, 5.74) is 0.613. The lowest BCUT2D eigenvalue weighted by Gasteiger charge is -2.13. The Hall–Kier alpha value is -0.640. The van der Waals surface area contributed by atoms with E-state index in [1.807, 2.05) is 6.33 Å². The van der Waals surface area contributed by atoms with E-state index < -0.39 is 0 Å². The molecule has 2 aliphatic rings. The molecule has 1 heterocycles. The Labute approximate surface area is 82.2 Å². The van der Waals surface area contributed by atoms with Crippen LogP contribution in [0.2, 0.25) is 0 Å². The highest BCUT2D eigenvalue weighted by Crippen LogP contribution is 2.62. The maximum absolute atomic E-state index is 5.13. The van der Waals surface area contributed by atoms with Crippen molar-refractivity contribution in [2.75, 3.05) is 0 Å². The van der Waals surface area contributed by atoms with E-state index in [1.165, 1.54) is 25.7 Å². The van der Waals surface area contributed by atoms with E-state index in [0.29, 0.717) is 5.41 Å². The van der Waals surface area contributed by atoms with Gasteiger partial charge in [-0.25, -0.2) is 0 Å². The number of H-pyrrole nitrogens is 1. The zero-order valence-corrected chi connectivity index (χ0v) is 8.31. The normalized spacial score (nSPS) is 24.6. The minimum absolute atomic E-state index is 0.613. The van der Waals surface area contributed by atoms with Gasteiger partial charge in [0, 0.05) is 6.54 Å². The quantitative estimate of drug-likeness (QED) is 0.750. The Balaban J connectivity index is 1.82. The Morgan fingerprint density at radius 2 is 2.38 bits per heavy atom. The van der Waals surface area contributed by atoms with E-state index in [9.17, 15) is 0 Å². The third kappa shape index (κ3) is 1.24. The zero-order valence-electron chi connectivity index (χ0n) is 7.49. The summed E-state index contributed by atoms with van der Waals surface area (Å²) in [5.74, 6) is 0.990. The van der Waals surface area contributed by atoms with Crippen LogP contribution in [0.3, 0.4) is 0 Å². The summed E-state index contributed by atoms with van der Waals surface area (Å²) < 4.78 is 2.85. The third-order valence-electron chi connectivity index (χ3n) is 3.44. The predicted molar refractivity (Wildman–Crippen MR) is 51.8 cm³/mol. The van der Waals surface area contributed by atoms with Gasteiger partial charge in [0.25, 0.3) is 0 Å². The molecule has 0 aromatic carbocycles. The average molecular weight is 195 g/mol. The van der Waals surface area contributed by atoms with Gasteiger partial charge in [0.05, 0.1) is 0 Å². The summed E-state index contributed by atoms with van der Waals surface area (Å²) >= 11 is 5.13. The number of aromatic nitrogens is 3. The smallest absolute Gasteiger partial charge is 0.194 e. The SMILES string of the molecule is S=c1[nH]ncn1CC1(C2CC2)CC1. The van der Waals surface area contributed by atoms with Crippen LogP contribution in [0.15, 0.2) is 6.33 Å². The van der Waals surface area contributed by atoms with E-state index in [1.54, 1.807) is 0 Å². The second-order valence-electron chi connectivity index (χ2n) is 4.43. The van der Waals surface area contributed by atoms with Gasteiger partial charge in [0.2, 0.25) is 0 Å². The van der Waals surface area contributed by atoms with Crippen molar-refractivity contribution in [3.05, 3.63) is 11.1 Å². The van der Waals surface area contributed by atoms with Gasteiger partial charge in [0.1, 0.15) is 6.33 Å². The molecule has 0 radical (unpaired) electrons. The number of nitrogens with one attached hydrogen (secondary N) is 1. The van der Waals surface area contributed by atoms with Crippen LogP contribution in [-0.4, -0.2) is 14.8 Å². The molecule has 2 fully saturated rings. The van der Waals surface area contributed by atoms with Crippen LogP contribution in [0, 0.1) is 16.1 Å². The van der Waals surface area contributed by atoms with Crippen LogP contribution in [-0.2, 0) is 6.54 Å². The molecule has 0 aliphatic heterocycles. The minimum atomic E-state index is 0.613. The molecule has 0 amide bonds. The zero-order chi connectivity index (χ0) is 8.89. The molecule has 0 saturated heterocycles. The first-order valence-electron chi connectivity index (χ1n) is 4.90. The molecule has 2 aliphatic carbocycles. The van der Waals surface area contributed by atoms with E-state index in [2.05, 4.69) is 14.8 Å². The van der Waals surface area contributed by atoms with Crippen LogP contribution in [0.25, 0.3) is 0 Å². The summed E-state index contributed by atoms with van der Waals surface area (Å²) in [6, 6.07) is 0. The third-order valence-corrected chi connectivity index (χ3v) is 3.76. The maximum Gasteiger partial charge on any atom is 0.194 e. The van der Waals surface area contributed by atoms with E-state index >= 15 is 0 Å². The van der Waals surface area contributed by atoms with Gasteiger partial charge in [-0.3, -0.25) is 5.10 Å². The van der Waals surface area contributed by atoms with Gasteiger partial charge in [0.15, 0.2) is 4.77 Å². The van der Waals surface area contributed by atoms with Crippen molar-refractivity contribution in [3.63, 3.8) is 0 Å². The fourth-order valence-corrected chi connectivity index (χ4v) is 2.44. The first-order chi connectivity index (χ1) is 6.30. The van der Waals surface area contributed by atoms with Gasteiger partial charge in [-0.05, 0) is 49.2 Å². The van der Waals surface area contributed by atoms with Crippen LogP contribution in [0.1, 0.15) is 25.7 Å². The van der Waals surface area contributed by atoms with Crippen molar-refractivity contribution in [3.8, 4) is 0 Å². The first kappa shape index (κ1) is 7.74. The highest BCUT2D eigenvalue weighted by molar-refractivity contribution is 7.71. The van der Waals surface area contributed by atoms with Crippen LogP contribution in [0.4, 0.5) is 0 Å². The number of rotatable bonds is 3. The van der Waals surface area contributed by atoms with Crippen molar-refractivity contribution >= 4 is 12.2 Å². The van der Waals surface area contributed by atoms with E-state index in [-0.39, 0.29) is 0 Å². The Kier molecular flexibility index (Phi) is 1.45.